The molecule has 0 fully saturated rings. The van der Waals surface area contributed by atoms with Crippen molar-refractivity contribution in [2.75, 3.05) is 13.7 Å². The smallest absolute Gasteiger partial charge is 0.254 e. The highest BCUT2D eigenvalue weighted by molar-refractivity contribution is 5.94. The Kier molecular flexibility index (Phi) is 5.55. The SMILES string of the molecule is CCO[C@@H](C)c1noc(CN(C)C(=O)c2cc(F)c(F)c(F)c2)n1. The molecule has 0 unspecified atom stereocenters. The Morgan fingerprint density at radius 1 is 1.33 bits per heavy atom. The van der Waals surface area contributed by atoms with E-state index in [1.165, 1.54) is 7.05 Å². The second kappa shape index (κ2) is 7.43. The zero-order chi connectivity index (χ0) is 17.9. The zero-order valence-corrected chi connectivity index (χ0v) is 13.3. The fraction of sp³-hybridized carbons (Fsp3) is 0.400. The van der Waals surface area contributed by atoms with Gasteiger partial charge in [-0.25, -0.2) is 13.2 Å². The van der Waals surface area contributed by atoms with Gasteiger partial charge in [-0.15, -0.1) is 0 Å². The molecule has 0 saturated carbocycles. The van der Waals surface area contributed by atoms with Crippen molar-refractivity contribution in [2.45, 2.75) is 26.5 Å². The molecule has 24 heavy (non-hydrogen) atoms. The zero-order valence-electron chi connectivity index (χ0n) is 13.3. The number of carbonyl (C=O) groups excluding carboxylic acids is 1. The van der Waals surface area contributed by atoms with E-state index in [0.29, 0.717) is 24.6 Å². The van der Waals surface area contributed by atoms with Crippen molar-refractivity contribution in [3.8, 4) is 0 Å². The molecule has 1 atom stereocenters. The molecule has 0 radical (unpaired) electrons. The lowest BCUT2D eigenvalue weighted by atomic mass is 10.2. The molecular weight excluding hydrogens is 327 g/mol. The van der Waals surface area contributed by atoms with Gasteiger partial charge in [0.25, 0.3) is 5.91 Å². The number of carbonyl (C=O) groups is 1. The average molecular weight is 343 g/mol. The lowest BCUT2D eigenvalue weighted by Crippen LogP contribution is -2.26. The number of aromatic nitrogens is 2. The topological polar surface area (TPSA) is 68.5 Å². The summed E-state index contributed by atoms with van der Waals surface area (Å²) >= 11 is 0. The van der Waals surface area contributed by atoms with Crippen LogP contribution in [0.15, 0.2) is 16.7 Å². The number of hydrogen-bond acceptors (Lipinski definition) is 5. The van der Waals surface area contributed by atoms with Crippen LogP contribution in [0.4, 0.5) is 13.2 Å². The Hall–Kier alpha value is -2.42. The van der Waals surface area contributed by atoms with E-state index in [9.17, 15) is 18.0 Å². The molecule has 0 N–H and O–H groups in total. The summed E-state index contributed by atoms with van der Waals surface area (Å²) in [7, 11) is 1.39. The van der Waals surface area contributed by atoms with E-state index >= 15 is 0 Å². The minimum absolute atomic E-state index is 0.0781. The average Bonchev–Trinajstić information content (AvgIpc) is 3.00. The van der Waals surface area contributed by atoms with Gasteiger partial charge in [-0.05, 0) is 26.0 Å². The summed E-state index contributed by atoms with van der Waals surface area (Å²) in [5.74, 6) is -4.75. The quantitative estimate of drug-likeness (QED) is 0.755. The van der Waals surface area contributed by atoms with Crippen LogP contribution in [0.25, 0.3) is 0 Å². The summed E-state index contributed by atoms with van der Waals surface area (Å²) in [6.07, 6.45) is -0.367. The molecule has 9 heteroatoms. The van der Waals surface area contributed by atoms with E-state index in [1.807, 2.05) is 6.92 Å². The van der Waals surface area contributed by atoms with Gasteiger partial charge in [0.1, 0.15) is 6.10 Å². The van der Waals surface area contributed by atoms with Crippen LogP contribution < -0.4 is 0 Å². The van der Waals surface area contributed by atoms with E-state index < -0.39 is 23.4 Å². The number of ether oxygens (including phenoxy) is 1. The predicted molar refractivity (Wildman–Crippen MR) is 76.5 cm³/mol. The molecule has 6 nitrogen and oxygen atoms in total. The molecule has 0 aliphatic heterocycles. The lowest BCUT2D eigenvalue weighted by Gasteiger charge is -2.15. The minimum Gasteiger partial charge on any atom is -0.371 e. The molecule has 1 aromatic carbocycles. The van der Waals surface area contributed by atoms with Gasteiger partial charge in [-0.1, -0.05) is 5.16 Å². The first-order valence-corrected chi connectivity index (χ1v) is 7.17. The Morgan fingerprint density at radius 2 is 1.96 bits per heavy atom. The summed E-state index contributed by atoms with van der Waals surface area (Å²) in [4.78, 5) is 17.4. The number of amides is 1. The molecule has 2 aromatic rings. The van der Waals surface area contributed by atoms with Gasteiger partial charge in [0.15, 0.2) is 23.3 Å². The highest BCUT2D eigenvalue weighted by atomic mass is 19.2. The van der Waals surface area contributed by atoms with Crippen LogP contribution in [0.1, 0.15) is 42.0 Å². The number of nitrogens with zero attached hydrogens (tertiary/aromatic N) is 3. The number of benzene rings is 1. The van der Waals surface area contributed by atoms with Crippen molar-refractivity contribution in [3.63, 3.8) is 0 Å². The summed E-state index contributed by atoms with van der Waals surface area (Å²) < 4.78 is 49.7. The monoisotopic (exact) mass is 343 g/mol. The maximum absolute atomic E-state index is 13.2. The Balaban J connectivity index is 2.09. The molecule has 130 valence electrons. The standard InChI is InChI=1S/C15H16F3N3O3/c1-4-23-8(2)14-19-12(24-20-14)7-21(3)15(22)9-5-10(16)13(18)11(17)6-9/h5-6,8H,4,7H2,1-3H3/t8-/m0/s1. The molecular formula is C15H16F3N3O3. The van der Waals surface area contributed by atoms with E-state index in [0.717, 1.165) is 4.90 Å². The van der Waals surface area contributed by atoms with Gasteiger partial charge in [-0.2, -0.15) is 4.98 Å². The number of hydrogen-bond donors (Lipinski definition) is 0. The molecule has 0 aliphatic rings. The van der Waals surface area contributed by atoms with E-state index in [2.05, 4.69) is 10.1 Å². The highest BCUT2D eigenvalue weighted by Gasteiger charge is 2.20. The Labute approximate surface area is 136 Å². The number of halogens is 3. The van der Waals surface area contributed by atoms with Crippen molar-refractivity contribution in [2.24, 2.45) is 0 Å². The molecule has 2 rings (SSSR count). The van der Waals surface area contributed by atoms with Crippen LogP contribution in [0.5, 0.6) is 0 Å². The van der Waals surface area contributed by atoms with Crippen LogP contribution in [0.3, 0.4) is 0 Å². The third kappa shape index (κ3) is 3.91. The summed E-state index contributed by atoms with van der Waals surface area (Å²) in [5.41, 5.74) is -0.323. The minimum atomic E-state index is -1.62. The van der Waals surface area contributed by atoms with Gasteiger partial charge in [-0.3, -0.25) is 4.79 Å². The molecule has 0 bridgehead atoms. The second-order valence-electron chi connectivity index (χ2n) is 5.06. The first kappa shape index (κ1) is 17.9. The normalized spacial score (nSPS) is 12.2. The van der Waals surface area contributed by atoms with Crippen molar-refractivity contribution in [1.82, 2.24) is 15.0 Å². The molecule has 0 spiro atoms. The molecule has 1 heterocycles. The third-order valence-corrected chi connectivity index (χ3v) is 3.21. The van der Waals surface area contributed by atoms with E-state index in [-0.39, 0.29) is 24.1 Å². The van der Waals surface area contributed by atoms with Crippen LogP contribution in [-0.4, -0.2) is 34.6 Å². The van der Waals surface area contributed by atoms with Crippen LogP contribution in [0, 0.1) is 17.5 Å². The van der Waals surface area contributed by atoms with Gasteiger partial charge in [0, 0.05) is 19.2 Å². The fourth-order valence-corrected chi connectivity index (χ4v) is 2.00. The van der Waals surface area contributed by atoms with Gasteiger partial charge < -0.3 is 14.2 Å². The lowest BCUT2D eigenvalue weighted by molar-refractivity contribution is 0.0682. The first-order chi connectivity index (χ1) is 11.3. The summed E-state index contributed by atoms with van der Waals surface area (Å²) in [6.45, 7) is 3.97. The molecule has 1 amide bonds. The number of rotatable bonds is 6. The molecule has 0 saturated heterocycles. The van der Waals surface area contributed by atoms with E-state index in [4.69, 9.17) is 9.26 Å². The second-order valence-corrected chi connectivity index (χ2v) is 5.06. The molecule has 1 aromatic heterocycles. The highest BCUT2D eigenvalue weighted by Crippen LogP contribution is 2.17. The van der Waals surface area contributed by atoms with Crippen molar-refractivity contribution in [1.29, 1.82) is 0 Å². The fourth-order valence-electron chi connectivity index (χ4n) is 2.00. The third-order valence-electron chi connectivity index (χ3n) is 3.21. The predicted octanol–water partition coefficient (Wildman–Crippen LogP) is 2.86. The Morgan fingerprint density at radius 3 is 2.54 bits per heavy atom. The largest absolute Gasteiger partial charge is 0.371 e. The maximum atomic E-state index is 13.2. The van der Waals surface area contributed by atoms with Crippen molar-refractivity contribution < 1.29 is 27.2 Å². The van der Waals surface area contributed by atoms with Gasteiger partial charge in [0.05, 0.1) is 6.54 Å². The van der Waals surface area contributed by atoms with Crippen LogP contribution in [0.2, 0.25) is 0 Å². The van der Waals surface area contributed by atoms with Crippen LogP contribution >= 0.6 is 0 Å². The van der Waals surface area contributed by atoms with Gasteiger partial charge in [0.2, 0.25) is 5.89 Å². The van der Waals surface area contributed by atoms with Crippen molar-refractivity contribution in [3.05, 3.63) is 46.9 Å². The van der Waals surface area contributed by atoms with Gasteiger partial charge >= 0.3 is 0 Å². The Bertz CT molecular complexity index is 713. The maximum Gasteiger partial charge on any atom is 0.254 e. The summed E-state index contributed by atoms with van der Waals surface area (Å²) in [5, 5.41) is 3.74. The van der Waals surface area contributed by atoms with E-state index in [1.54, 1.807) is 6.92 Å². The van der Waals surface area contributed by atoms with Crippen LogP contribution in [-0.2, 0) is 11.3 Å². The summed E-state index contributed by atoms with van der Waals surface area (Å²) in [6, 6.07) is 1.27. The first-order valence-electron chi connectivity index (χ1n) is 7.17. The molecule has 0 aliphatic carbocycles. The van der Waals surface area contributed by atoms with Crippen molar-refractivity contribution >= 4 is 5.91 Å².